The minimum atomic E-state index is 0.214. The number of amides is 1. The molecule has 0 spiro atoms. The largest absolute Gasteiger partial charge is 0.341 e. The van der Waals surface area contributed by atoms with E-state index in [1.807, 2.05) is 29.2 Å². The lowest BCUT2D eigenvalue weighted by Crippen LogP contribution is -2.43. The van der Waals surface area contributed by atoms with Crippen LogP contribution in [0.1, 0.15) is 31.0 Å². The first-order chi connectivity index (χ1) is 13.6. The number of nitrogens with zero attached hydrogens (tertiary/aromatic N) is 3. The molecule has 28 heavy (non-hydrogen) atoms. The van der Waals surface area contributed by atoms with Crippen LogP contribution in [0.25, 0.3) is 10.9 Å². The van der Waals surface area contributed by atoms with Gasteiger partial charge < -0.3 is 4.90 Å². The topological polar surface area (TPSA) is 46.1 Å². The van der Waals surface area contributed by atoms with Gasteiger partial charge in [-0.15, -0.1) is 11.3 Å². The van der Waals surface area contributed by atoms with Gasteiger partial charge in [-0.05, 0) is 35.8 Å². The highest BCUT2D eigenvalue weighted by Crippen LogP contribution is 2.28. The van der Waals surface area contributed by atoms with E-state index in [2.05, 4.69) is 31.4 Å². The smallest absolute Gasteiger partial charge is 0.233 e. The molecule has 0 aliphatic carbocycles. The summed E-state index contributed by atoms with van der Waals surface area (Å²) in [6, 6.07) is 12.2. The normalized spacial score (nSPS) is 19.9. The fourth-order valence-electron chi connectivity index (χ4n) is 3.94. The Hall–Kier alpha value is -1.92. The molecular formula is C22H25N3OS2. The Morgan fingerprint density at radius 2 is 1.93 bits per heavy atom. The number of thioether (sulfide) groups is 1. The minimum Gasteiger partial charge on any atom is -0.341 e. The van der Waals surface area contributed by atoms with Crippen molar-refractivity contribution in [2.45, 2.75) is 31.7 Å². The average Bonchev–Trinajstić information content (AvgIpc) is 3.18. The minimum absolute atomic E-state index is 0.214. The maximum atomic E-state index is 12.8. The summed E-state index contributed by atoms with van der Waals surface area (Å²) in [7, 11) is 0. The molecule has 3 aromatic rings. The number of para-hydroxylation sites is 1. The number of likely N-dealkylation sites (tertiary alicyclic amines) is 1. The highest BCUT2D eigenvalue weighted by molar-refractivity contribution is 8.00. The Balaban J connectivity index is 1.53. The van der Waals surface area contributed by atoms with Gasteiger partial charge in [0.25, 0.3) is 0 Å². The van der Waals surface area contributed by atoms with Gasteiger partial charge in [-0.1, -0.05) is 49.9 Å². The van der Waals surface area contributed by atoms with Crippen molar-refractivity contribution in [2.75, 3.05) is 18.8 Å². The van der Waals surface area contributed by atoms with Crippen molar-refractivity contribution in [1.82, 2.24) is 14.9 Å². The van der Waals surface area contributed by atoms with Gasteiger partial charge >= 0.3 is 0 Å². The molecule has 4 rings (SSSR count). The molecule has 1 aliphatic heterocycles. The first-order valence-corrected chi connectivity index (χ1v) is 11.6. The van der Waals surface area contributed by atoms with Crippen LogP contribution in [-0.4, -0.2) is 39.6 Å². The molecule has 0 unspecified atom stereocenters. The van der Waals surface area contributed by atoms with Gasteiger partial charge in [0.1, 0.15) is 10.9 Å². The summed E-state index contributed by atoms with van der Waals surface area (Å²) in [5.74, 6) is 2.62. The van der Waals surface area contributed by atoms with E-state index < -0.39 is 0 Å². The van der Waals surface area contributed by atoms with Gasteiger partial charge in [0.15, 0.2) is 0 Å². The molecule has 1 amide bonds. The standard InChI is InChI=1S/C22H25N3OS2/c1-15-10-16(2)13-25(12-15)21(26)14-28-22-18-7-3-4-8-19(18)23-20(24-22)11-17-6-5-9-27-17/h3-9,15-16H,10-14H2,1-2H3/t15-,16-/m1/s1. The Labute approximate surface area is 174 Å². The number of aromatic nitrogens is 2. The summed E-state index contributed by atoms with van der Waals surface area (Å²) in [6.07, 6.45) is 1.94. The predicted octanol–water partition coefficient (Wildman–Crippen LogP) is 4.88. The Bertz CT molecular complexity index is 948. The number of thiophene rings is 1. The van der Waals surface area contributed by atoms with E-state index in [4.69, 9.17) is 9.97 Å². The Morgan fingerprint density at radius 1 is 1.14 bits per heavy atom. The van der Waals surface area contributed by atoms with E-state index in [0.717, 1.165) is 41.3 Å². The molecule has 0 bridgehead atoms. The van der Waals surface area contributed by atoms with Gasteiger partial charge in [0.05, 0.1) is 11.3 Å². The molecule has 3 heterocycles. The lowest BCUT2D eigenvalue weighted by molar-refractivity contribution is -0.130. The van der Waals surface area contributed by atoms with Crippen LogP contribution in [0.5, 0.6) is 0 Å². The molecule has 2 atom stereocenters. The Morgan fingerprint density at radius 3 is 2.68 bits per heavy atom. The predicted molar refractivity (Wildman–Crippen MR) is 117 cm³/mol. The second-order valence-electron chi connectivity index (χ2n) is 7.75. The van der Waals surface area contributed by atoms with Gasteiger partial charge in [0, 0.05) is 29.8 Å². The summed E-state index contributed by atoms with van der Waals surface area (Å²) in [4.78, 5) is 25.6. The monoisotopic (exact) mass is 411 g/mol. The van der Waals surface area contributed by atoms with Crippen LogP contribution in [-0.2, 0) is 11.2 Å². The molecule has 0 N–H and O–H groups in total. The highest BCUT2D eigenvalue weighted by Gasteiger charge is 2.25. The maximum absolute atomic E-state index is 12.8. The van der Waals surface area contributed by atoms with Crippen molar-refractivity contribution in [2.24, 2.45) is 11.8 Å². The second kappa shape index (κ2) is 8.62. The van der Waals surface area contributed by atoms with E-state index in [9.17, 15) is 4.79 Å². The number of carbonyl (C=O) groups excluding carboxylic acids is 1. The van der Waals surface area contributed by atoms with Gasteiger partial charge in [-0.3, -0.25) is 4.79 Å². The maximum Gasteiger partial charge on any atom is 0.233 e. The number of benzene rings is 1. The van der Waals surface area contributed by atoms with E-state index in [1.54, 1.807) is 23.1 Å². The van der Waals surface area contributed by atoms with Crippen LogP contribution < -0.4 is 0 Å². The average molecular weight is 412 g/mol. The number of fused-ring (bicyclic) bond motifs is 1. The summed E-state index contributed by atoms with van der Waals surface area (Å²) in [5.41, 5.74) is 0.944. The Kier molecular flexibility index (Phi) is 5.97. The molecular weight excluding hydrogens is 386 g/mol. The summed E-state index contributed by atoms with van der Waals surface area (Å²) < 4.78 is 0. The summed E-state index contributed by atoms with van der Waals surface area (Å²) >= 11 is 3.26. The molecule has 2 aromatic heterocycles. The molecule has 1 aliphatic rings. The first kappa shape index (κ1) is 19.4. The van der Waals surface area contributed by atoms with Gasteiger partial charge in [0.2, 0.25) is 5.91 Å². The van der Waals surface area contributed by atoms with Gasteiger partial charge in [-0.25, -0.2) is 9.97 Å². The van der Waals surface area contributed by atoms with E-state index in [0.29, 0.717) is 17.6 Å². The molecule has 146 valence electrons. The van der Waals surface area contributed by atoms with Crippen LogP contribution in [0.4, 0.5) is 0 Å². The molecule has 1 aromatic carbocycles. The third-order valence-electron chi connectivity index (χ3n) is 5.08. The van der Waals surface area contributed by atoms with Crippen LogP contribution in [0, 0.1) is 11.8 Å². The molecule has 4 nitrogen and oxygen atoms in total. The fraction of sp³-hybridized carbons (Fsp3) is 0.409. The molecule has 0 saturated carbocycles. The molecule has 1 fully saturated rings. The first-order valence-electron chi connectivity index (χ1n) is 9.77. The second-order valence-corrected chi connectivity index (χ2v) is 9.75. The van der Waals surface area contributed by atoms with E-state index >= 15 is 0 Å². The van der Waals surface area contributed by atoms with Crippen molar-refractivity contribution in [3.05, 3.63) is 52.5 Å². The fourth-order valence-corrected chi connectivity index (χ4v) is 5.58. The third kappa shape index (κ3) is 4.55. The van der Waals surface area contributed by atoms with Crippen LogP contribution in [0.2, 0.25) is 0 Å². The molecule has 0 radical (unpaired) electrons. The van der Waals surface area contributed by atoms with Crippen molar-refractivity contribution in [1.29, 1.82) is 0 Å². The summed E-state index contributed by atoms with van der Waals surface area (Å²) in [6.45, 7) is 6.21. The van der Waals surface area contributed by atoms with Gasteiger partial charge in [-0.2, -0.15) is 0 Å². The zero-order valence-electron chi connectivity index (χ0n) is 16.3. The van der Waals surface area contributed by atoms with E-state index in [-0.39, 0.29) is 5.91 Å². The lowest BCUT2D eigenvalue weighted by atomic mass is 9.92. The number of piperidine rings is 1. The number of carbonyl (C=O) groups is 1. The number of hydrogen-bond acceptors (Lipinski definition) is 5. The lowest BCUT2D eigenvalue weighted by Gasteiger charge is -2.35. The third-order valence-corrected chi connectivity index (χ3v) is 6.93. The van der Waals surface area contributed by atoms with Crippen LogP contribution in [0.3, 0.4) is 0 Å². The number of hydrogen-bond donors (Lipinski definition) is 0. The summed E-state index contributed by atoms with van der Waals surface area (Å²) in [5, 5.41) is 4.00. The quantitative estimate of drug-likeness (QED) is 0.443. The molecule has 1 saturated heterocycles. The van der Waals surface area contributed by atoms with Crippen LogP contribution in [0.15, 0.2) is 46.8 Å². The van der Waals surface area contributed by atoms with Crippen molar-refractivity contribution < 1.29 is 4.79 Å². The van der Waals surface area contributed by atoms with Crippen molar-refractivity contribution in [3.63, 3.8) is 0 Å². The molecule has 6 heteroatoms. The zero-order valence-corrected chi connectivity index (χ0v) is 17.9. The number of rotatable bonds is 5. The SMILES string of the molecule is C[C@@H]1C[C@@H](C)CN(C(=O)CSc2nc(Cc3cccs3)nc3ccccc23)C1. The highest BCUT2D eigenvalue weighted by atomic mass is 32.2. The van der Waals surface area contributed by atoms with Crippen molar-refractivity contribution in [3.8, 4) is 0 Å². The van der Waals surface area contributed by atoms with E-state index in [1.165, 1.54) is 11.3 Å². The van der Waals surface area contributed by atoms with Crippen molar-refractivity contribution >= 4 is 39.9 Å². The van der Waals surface area contributed by atoms with Crippen LogP contribution >= 0.6 is 23.1 Å². The zero-order chi connectivity index (χ0) is 19.5.